The second kappa shape index (κ2) is 11.7. The summed E-state index contributed by atoms with van der Waals surface area (Å²) in [5.41, 5.74) is 1.27. The number of benzene rings is 1. The van der Waals surface area contributed by atoms with Gasteiger partial charge in [0, 0.05) is 29.7 Å². The van der Waals surface area contributed by atoms with Crippen LogP contribution in [0.5, 0.6) is 0 Å². The lowest BCUT2D eigenvalue weighted by molar-refractivity contribution is 0.224. The molecule has 2 nitrogen and oxygen atoms in total. The minimum Gasteiger partial charge on any atom is -0.330 e. The second-order valence-electron chi connectivity index (χ2n) is 6.02. The minimum atomic E-state index is -0.316. The van der Waals surface area contributed by atoms with Crippen LogP contribution in [-0.2, 0) is 6.42 Å². The summed E-state index contributed by atoms with van der Waals surface area (Å²) >= 11 is 24.9. The lowest BCUT2D eigenvalue weighted by atomic mass is 10.0. The maximum atomic E-state index is 12.6. The fourth-order valence-electron chi connectivity index (χ4n) is 2.13. The monoisotopic (exact) mass is 429 g/mol. The molecule has 0 saturated heterocycles. The van der Waals surface area contributed by atoms with Crippen LogP contribution in [0.25, 0.3) is 0 Å². The summed E-state index contributed by atoms with van der Waals surface area (Å²) in [5.74, 6) is 1.15. The molecule has 1 aromatic carbocycles. The van der Waals surface area contributed by atoms with Crippen molar-refractivity contribution in [3.63, 3.8) is 0 Å². The third-order valence-corrected chi connectivity index (χ3v) is 5.79. The third kappa shape index (κ3) is 8.53. The number of carbonyl (C=O) groups excluding carboxylic acids is 1. The molecule has 0 heterocycles. The molecular weight excluding hydrogens is 408 g/mol. The second-order valence-corrected chi connectivity index (χ2v) is 8.89. The van der Waals surface area contributed by atoms with E-state index in [1.807, 2.05) is 12.1 Å². The zero-order valence-corrected chi connectivity index (χ0v) is 17.7. The van der Waals surface area contributed by atoms with E-state index >= 15 is 0 Å². The Balaban J connectivity index is 2.71. The van der Waals surface area contributed by atoms with Gasteiger partial charge in [-0.05, 0) is 41.8 Å². The molecule has 0 bridgehead atoms. The van der Waals surface area contributed by atoms with Gasteiger partial charge in [-0.2, -0.15) is 0 Å². The van der Waals surface area contributed by atoms with E-state index < -0.39 is 0 Å². The van der Waals surface area contributed by atoms with Gasteiger partial charge in [0.25, 0.3) is 5.24 Å². The molecule has 2 unspecified atom stereocenters. The van der Waals surface area contributed by atoms with E-state index in [-0.39, 0.29) is 27.8 Å². The number of rotatable bonds is 9. The molecular formula is C17H23Cl4NOS. The van der Waals surface area contributed by atoms with E-state index in [0.29, 0.717) is 19.0 Å². The standard InChI is InChI=1S/C17H23Cl4NOS/c1-12(2)7-13-3-5-16(6-4-13)24-17(23)22(10-14(20)8-18)11-15(21)9-19/h3-6,12,14-15H,7-11H2,1-2H3. The normalized spacial score (nSPS) is 13.8. The molecule has 2 atom stereocenters. The summed E-state index contributed by atoms with van der Waals surface area (Å²) in [5, 5.41) is -0.731. The number of thioether (sulfide) groups is 1. The van der Waals surface area contributed by atoms with E-state index in [0.717, 1.165) is 11.3 Å². The van der Waals surface area contributed by atoms with Crippen LogP contribution in [0.15, 0.2) is 29.2 Å². The highest BCUT2D eigenvalue weighted by Gasteiger charge is 2.21. The van der Waals surface area contributed by atoms with Gasteiger partial charge in [-0.3, -0.25) is 4.79 Å². The van der Waals surface area contributed by atoms with E-state index in [9.17, 15) is 4.79 Å². The minimum absolute atomic E-state index is 0.0989. The number of hydrogen-bond acceptors (Lipinski definition) is 2. The summed E-state index contributed by atoms with van der Waals surface area (Å²) in [6.07, 6.45) is 1.03. The van der Waals surface area contributed by atoms with E-state index in [1.54, 1.807) is 4.90 Å². The van der Waals surface area contributed by atoms with Crippen LogP contribution in [0.1, 0.15) is 19.4 Å². The topological polar surface area (TPSA) is 20.3 Å². The molecule has 1 aromatic rings. The summed E-state index contributed by atoms with van der Waals surface area (Å²) in [6.45, 7) is 5.07. The van der Waals surface area contributed by atoms with Crippen molar-refractivity contribution >= 4 is 63.4 Å². The fraction of sp³-hybridized carbons (Fsp3) is 0.588. The summed E-state index contributed by atoms with van der Waals surface area (Å²) < 4.78 is 0. The molecule has 0 saturated carbocycles. The molecule has 24 heavy (non-hydrogen) atoms. The Morgan fingerprint density at radius 1 is 1.04 bits per heavy atom. The number of halogens is 4. The first-order chi connectivity index (χ1) is 11.3. The largest absolute Gasteiger partial charge is 0.330 e. The highest BCUT2D eigenvalue weighted by atomic mass is 35.5. The van der Waals surface area contributed by atoms with Crippen LogP contribution in [0.4, 0.5) is 4.79 Å². The Bertz CT molecular complexity index is 486. The van der Waals surface area contributed by atoms with Crippen molar-refractivity contribution < 1.29 is 4.79 Å². The smallest absolute Gasteiger partial charge is 0.286 e. The summed E-state index contributed by atoms with van der Waals surface area (Å²) in [4.78, 5) is 15.1. The van der Waals surface area contributed by atoms with Gasteiger partial charge >= 0.3 is 0 Å². The Morgan fingerprint density at radius 2 is 1.54 bits per heavy atom. The summed E-state index contributed by atoms with van der Waals surface area (Å²) in [6, 6.07) is 8.06. The molecule has 0 N–H and O–H groups in total. The molecule has 0 aliphatic heterocycles. The molecule has 1 amide bonds. The molecule has 136 valence electrons. The van der Waals surface area contributed by atoms with Crippen LogP contribution in [-0.4, -0.2) is 45.7 Å². The van der Waals surface area contributed by atoms with Gasteiger partial charge in [0.1, 0.15) is 0 Å². The third-order valence-electron chi connectivity index (χ3n) is 3.20. The fourth-order valence-corrected chi connectivity index (χ4v) is 3.41. The van der Waals surface area contributed by atoms with Crippen LogP contribution in [0, 0.1) is 5.92 Å². The predicted molar refractivity (Wildman–Crippen MR) is 109 cm³/mol. The van der Waals surface area contributed by atoms with E-state index in [2.05, 4.69) is 26.0 Å². The van der Waals surface area contributed by atoms with Crippen molar-refractivity contribution in [1.29, 1.82) is 0 Å². The SMILES string of the molecule is CC(C)Cc1ccc(SC(=O)N(CC(Cl)CCl)CC(Cl)CCl)cc1. The average molecular weight is 431 g/mol. The summed E-state index contributed by atoms with van der Waals surface area (Å²) in [7, 11) is 0. The molecule has 7 heteroatoms. The predicted octanol–water partition coefficient (Wildman–Crippen LogP) is 6.09. The average Bonchev–Trinajstić information content (AvgIpc) is 2.55. The van der Waals surface area contributed by atoms with Crippen molar-refractivity contribution in [3.8, 4) is 0 Å². The first kappa shape index (κ1) is 22.2. The van der Waals surface area contributed by atoms with Gasteiger partial charge in [0.05, 0.1) is 10.8 Å². The highest BCUT2D eigenvalue weighted by Crippen LogP contribution is 2.24. The first-order valence-corrected chi connectivity index (χ1v) is 10.6. The van der Waals surface area contributed by atoms with Gasteiger partial charge in [0.15, 0.2) is 0 Å². The maximum absolute atomic E-state index is 12.6. The molecule has 1 rings (SSSR count). The van der Waals surface area contributed by atoms with Crippen LogP contribution in [0.3, 0.4) is 0 Å². The zero-order chi connectivity index (χ0) is 18.1. The lowest BCUT2D eigenvalue weighted by Gasteiger charge is -2.25. The van der Waals surface area contributed by atoms with Crippen LogP contribution >= 0.6 is 58.2 Å². The van der Waals surface area contributed by atoms with Gasteiger partial charge in [-0.25, -0.2) is 0 Å². The van der Waals surface area contributed by atoms with Crippen molar-refractivity contribution in [2.75, 3.05) is 24.8 Å². The molecule has 0 radical (unpaired) electrons. The molecule has 0 fully saturated rings. The number of hydrogen-bond donors (Lipinski definition) is 0. The van der Waals surface area contributed by atoms with Crippen molar-refractivity contribution in [2.45, 2.75) is 35.9 Å². The number of carbonyl (C=O) groups is 1. The van der Waals surface area contributed by atoms with Crippen LogP contribution < -0.4 is 0 Å². The first-order valence-electron chi connectivity index (χ1n) is 7.81. The highest BCUT2D eigenvalue weighted by molar-refractivity contribution is 8.13. The van der Waals surface area contributed by atoms with Gasteiger partial charge < -0.3 is 4.90 Å². The number of amides is 1. The molecule has 0 spiro atoms. The van der Waals surface area contributed by atoms with Crippen molar-refractivity contribution in [3.05, 3.63) is 29.8 Å². The lowest BCUT2D eigenvalue weighted by Crippen LogP contribution is -2.38. The number of alkyl halides is 4. The van der Waals surface area contributed by atoms with E-state index in [1.165, 1.54) is 17.3 Å². The van der Waals surface area contributed by atoms with Gasteiger partial charge in [-0.15, -0.1) is 46.4 Å². The Hall–Kier alpha value is 0.200. The van der Waals surface area contributed by atoms with Gasteiger partial charge in [0.2, 0.25) is 0 Å². The van der Waals surface area contributed by atoms with Crippen molar-refractivity contribution in [1.82, 2.24) is 4.90 Å². The Kier molecular flexibility index (Phi) is 10.9. The number of nitrogens with zero attached hydrogens (tertiary/aromatic N) is 1. The van der Waals surface area contributed by atoms with E-state index in [4.69, 9.17) is 46.4 Å². The Morgan fingerprint density at radius 3 is 1.96 bits per heavy atom. The Labute approximate surface area is 169 Å². The van der Waals surface area contributed by atoms with Crippen molar-refractivity contribution in [2.24, 2.45) is 5.92 Å². The van der Waals surface area contributed by atoms with Crippen LogP contribution in [0.2, 0.25) is 0 Å². The molecule has 0 aliphatic carbocycles. The maximum Gasteiger partial charge on any atom is 0.286 e. The molecule has 0 aliphatic rings. The van der Waals surface area contributed by atoms with Gasteiger partial charge in [-0.1, -0.05) is 26.0 Å². The quantitative estimate of drug-likeness (QED) is 0.348. The zero-order valence-electron chi connectivity index (χ0n) is 13.9. The molecule has 0 aromatic heterocycles.